The Morgan fingerprint density at radius 3 is 2.15 bits per heavy atom. The van der Waals surface area contributed by atoms with E-state index in [0.717, 1.165) is 0 Å². The van der Waals surface area contributed by atoms with Crippen molar-refractivity contribution in [3.05, 3.63) is 0 Å². The highest BCUT2D eigenvalue weighted by molar-refractivity contribution is 4.84. The summed E-state index contributed by atoms with van der Waals surface area (Å²) in [6.07, 6.45) is 5.70. The second kappa shape index (κ2) is 4.60. The first-order valence-electron chi connectivity index (χ1n) is 4.58. The van der Waals surface area contributed by atoms with Gasteiger partial charge in [-0.05, 0) is 11.8 Å². The molecule has 0 aromatic rings. The minimum atomic E-state index is -2.56. The van der Waals surface area contributed by atoms with Crippen molar-refractivity contribution < 1.29 is 8.78 Å². The van der Waals surface area contributed by atoms with Crippen LogP contribution in [0.5, 0.6) is 0 Å². The van der Waals surface area contributed by atoms with Gasteiger partial charge in [-0.1, -0.05) is 20.8 Å². The average molecular weight is 188 g/mol. The fourth-order valence-corrected chi connectivity index (χ4v) is 1.31. The van der Waals surface area contributed by atoms with Crippen LogP contribution in [0.4, 0.5) is 8.78 Å². The maximum absolute atomic E-state index is 13.2. The number of halogens is 2. The molecule has 0 saturated heterocycles. The van der Waals surface area contributed by atoms with Gasteiger partial charge in [0.2, 0.25) is 5.92 Å². The monoisotopic (exact) mass is 188 g/mol. The molecule has 0 amide bonds. The molecule has 0 atom stereocenters. The van der Waals surface area contributed by atoms with E-state index in [1.54, 1.807) is 0 Å². The van der Waals surface area contributed by atoms with Gasteiger partial charge in [0.15, 0.2) is 0 Å². The SMILES string of the molecule is C#CCCCC(F)(F)CC(C)(C)C. The van der Waals surface area contributed by atoms with E-state index in [2.05, 4.69) is 5.92 Å². The lowest BCUT2D eigenvalue weighted by Crippen LogP contribution is -2.24. The summed E-state index contributed by atoms with van der Waals surface area (Å²) < 4.78 is 26.3. The van der Waals surface area contributed by atoms with Crippen LogP contribution in [0.25, 0.3) is 0 Å². The summed E-state index contributed by atoms with van der Waals surface area (Å²) in [4.78, 5) is 0. The van der Waals surface area contributed by atoms with Crippen molar-refractivity contribution in [2.45, 2.75) is 52.4 Å². The lowest BCUT2D eigenvalue weighted by atomic mass is 9.87. The molecular weight excluding hydrogens is 170 g/mol. The fraction of sp³-hybridized carbons (Fsp3) is 0.818. The molecule has 0 heterocycles. The molecule has 0 nitrogen and oxygen atoms in total. The summed E-state index contributed by atoms with van der Waals surface area (Å²) in [6, 6.07) is 0. The van der Waals surface area contributed by atoms with E-state index in [1.165, 1.54) is 0 Å². The lowest BCUT2D eigenvalue weighted by molar-refractivity contribution is -0.0440. The lowest BCUT2D eigenvalue weighted by Gasteiger charge is -2.25. The van der Waals surface area contributed by atoms with Gasteiger partial charge in [0.25, 0.3) is 0 Å². The quantitative estimate of drug-likeness (QED) is 0.464. The zero-order chi connectivity index (χ0) is 10.5. The van der Waals surface area contributed by atoms with Gasteiger partial charge in [0, 0.05) is 19.3 Å². The number of rotatable bonds is 4. The second-order valence-electron chi connectivity index (χ2n) is 4.65. The molecule has 0 aliphatic heterocycles. The Balaban J connectivity index is 3.88. The van der Waals surface area contributed by atoms with Crippen LogP contribution >= 0.6 is 0 Å². The zero-order valence-electron chi connectivity index (χ0n) is 8.66. The van der Waals surface area contributed by atoms with Crippen molar-refractivity contribution >= 4 is 0 Å². The molecule has 0 saturated carbocycles. The molecule has 0 rings (SSSR count). The van der Waals surface area contributed by atoms with Crippen LogP contribution < -0.4 is 0 Å². The summed E-state index contributed by atoms with van der Waals surface area (Å²) >= 11 is 0. The Bertz CT molecular complexity index is 181. The third-order valence-corrected chi connectivity index (χ3v) is 1.65. The van der Waals surface area contributed by atoms with Gasteiger partial charge in [-0.2, -0.15) is 0 Å². The van der Waals surface area contributed by atoms with Gasteiger partial charge in [-0.3, -0.25) is 0 Å². The Morgan fingerprint density at radius 1 is 1.23 bits per heavy atom. The van der Waals surface area contributed by atoms with E-state index in [0.29, 0.717) is 12.8 Å². The maximum atomic E-state index is 13.2. The van der Waals surface area contributed by atoms with E-state index < -0.39 is 5.92 Å². The average Bonchev–Trinajstić information content (AvgIpc) is 1.81. The number of hydrogen-bond donors (Lipinski definition) is 0. The van der Waals surface area contributed by atoms with Gasteiger partial charge in [-0.15, -0.1) is 12.3 Å². The molecule has 2 heteroatoms. The highest BCUT2D eigenvalue weighted by Crippen LogP contribution is 2.34. The summed E-state index contributed by atoms with van der Waals surface area (Å²) in [5, 5.41) is 0. The minimum Gasteiger partial charge on any atom is -0.207 e. The van der Waals surface area contributed by atoms with E-state index in [4.69, 9.17) is 6.42 Å². The predicted molar refractivity (Wildman–Crippen MR) is 51.7 cm³/mol. The van der Waals surface area contributed by atoms with Crippen LogP contribution in [0, 0.1) is 17.8 Å². The summed E-state index contributed by atoms with van der Waals surface area (Å²) in [6.45, 7) is 5.46. The van der Waals surface area contributed by atoms with Crippen molar-refractivity contribution in [2.75, 3.05) is 0 Å². The minimum absolute atomic E-state index is 0.0649. The van der Waals surface area contributed by atoms with Crippen LogP contribution in [0.15, 0.2) is 0 Å². The largest absolute Gasteiger partial charge is 0.248 e. The fourth-order valence-electron chi connectivity index (χ4n) is 1.31. The van der Waals surface area contributed by atoms with Crippen molar-refractivity contribution in [1.82, 2.24) is 0 Å². The van der Waals surface area contributed by atoms with Crippen LogP contribution in [-0.4, -0.2) is 5.92 Å². The first-order valence-corrected chi connectivity index (χ1v) is 4.58. The van der Waals surface area contributed by atoms with Gasteiger partial charge in [0.05, 0.1) is 0 Å². The summed E-state index contributed by atoms with van der Waals surface area (Å²) in [5.74, 6) is -0.191. The molecule has 13 heavy (non-hydrogen) atoms. The number of terminal acetylenes is 1. The van der Waals surface area contributed by atoms with Crippen molar-refractivity contribution in [1.29, 1.82) is 0 Å². The number of unbranched alkanes of at least 4 members (excludes halogenated alkanes) is 1. The van der Waals surface area contributed by atoms with Gasteiger partial charge >= 0.3 is 0 Å². The third-order valence-electron chi connectivity index (χ3n) is 1.65. The molecule has 0 unspecified atom stereocenters. The predicted octanol–water partition coefficient (Wildman–Crippen LogP) is 3.86. The van der Waals surface area contributed by atoms with E-state index in [1.807, 2.05) is 20.8 Å². The second-order valence-corrected chi connectivity index (χ2v) is 4.65. The molecule has 0 aliphatic rings. The summed E-state index contributed by atoms with van der Waals surface area (Å²) in [7, 11) is 0. The standard InChI is InChI=1S/C11H18F2/c1-5-6-7-8-11(12,13)9-10(2,3)4/h1H,6-9H2,2-4H3. The topological polar surface area (TPSA) is 0 Å². The number of hydrogen-bond acceptors (Lipinski definition) is 0. The van der Waals surface area contributed by atoms with Gasteiger partial charge in [0.1, 0.15) is 0 Å². The maximum Gasteiger partial charge on any atom is 0.248 e. The zero-order valence-corrected chi connectivity index (χ0v) is 8.66. The Morgan fingerprint density at radius 2 is 1.77 bits per heavy atom. The molecule has 0 aliphatic carbocycles. The van der Waals surface area contributed by atoms with E-state index in [-0.39, 0.29) is 18.3 Å². The first kappa shape index (κ1) is 12.4. The Labute approximate surface area is 79.7 Å². The van der Waals surface area contributed by atoms with Crippen molar-refractivity contribution in [2.24, 2.45) is 5.41 Å². The first-order chi connectivity index (χ1) is 5.77. The number of alkyl halides is 2. The molecule has 76 valence electrons. The third kappa shape index (κ3) is 7.77. The molecule has 0 N–H and O–H groups in total. The normalized spacial score (nSPS) is 12.6. The van der Waals surface area contributed by atoms with Crippen LogP contribution in [0.1, 0.15) is 46.5 Å². The molecule has 0 aromatic heterocycles. The smallest absolute Gasteiger partial charge is 0.207 e. The summed E-state index contributed by atoms with van der Waals surface area (Å²) in [5.41, 5.74) is -0.320. The van der Waals surface area contributed by atoms with Crippen LogP contribution in [-0.2, 0) is 0 Å². The van der Waals surface area contributed by atoms with Crippen LogP contribution in [0.2, 0.25) is 0 Å². The Hall–Kier alpha value is -0.580. The molecule has 0 aromatic carbocycles. The van der Waals surface area contributed by atoms with Gasteiger partial charge < -0.3 is 0 Å². The highest BCUT2D eigenvalue weighted by atomic mass is 19.3. The molecule has 0 spiro atoms. The van der Waals surface area contributed by atoms with E-state index >= 15 is 0 Å². The van der Waals surface area contributed by atoms with E-state index in [9.17, 15) is 8.78 Å². The molecular formula is C11H18F2. The molecule has 0 radical (unpaired) electrons. The molecule has 0 fully saturated rings. The van der Waals surface area contributed by atoms with Crippen molar-refractivity contribution in [3.8, 4) is 12.3 Å². The van der Waals surface area contributed by atoms with Crippen LogP contribution in [0.3, 0.4) is 0 Å². The van der Waals surface area contributed by atoms with Gasteiger partial charge in [-0.25, -0.2) is 8.78 Å². The van der Waals surface area contributed by atoms with Crippen molar-refractivity contribution in [3.63, 3.8) is 0 Å². The Kier molecular flexibility index (Phi) is 4.39. The highest BCUT2D eigenvalue weighted by Gasteiger charge is 2.33. The molecule has 0 bridgehead atoms.